The monoisotopic (exact) mass is 427 g/mol. The zero-order chi connectivity index (χ0) is 22.7. The normalized spacial score (nSPS) is 10.8. The number of aromatic nitrogens is 4. The summed E-state index contributed by atoms with van der Waals surface area (Å²) < 4.78 is 7.70. The van der Waals surface area contributed by atoms with Crippen LogP contribution in [0.4, 0.5) is 5.69 Å². The van der Waals surface area contributed by atoms with Crippen molar-refractivity contribution in [3.63, 3.8) is 0 Å². The van der Waals surface area contributed by atoms with E-state index in [4.69, 9.17) is 4.74 Å². The maximum Gasteiger partial charge on any atom is 0.228 e. The summed E-state index contributed by atoms with van der Waals surface area (Å²) in [5.74, 6) is 2.21. The molecule has 0 atom stereocenters. The molecule has 32 heavy (non-hydrogen) atoms. The van der Waals surface area contributed by atoms with Crippen molar-refractivity contribution in [2.24, 2.45) is 0 Å². The van der Waals surface area contributed by atoms with Crippen LogP contribution in [0.1, 0.15) is 28.3 Å². The molecule has 0 bridgehead atoms. The zero-order valence-electron chi connectivity index (χ0n) is 18.6. The van der Waals surface area contributed by atoms with Crippen molar-refractivity contribution in [1.29, 1.82) is 0 Å². The van der Waals surface area contributed by atoms with Crippen LogP contribution in [0.5, 0.6) is 11.6 Å². The average molecular weight is 428 g/mol. The number of rotatable bonds is 6. The maximum absolute atomic E-state index is 12.3. The molecular weight excluding hydrogens is 402 g/mol. The van der Waals surface area contributed by atoms with Crippen molar-refractivity contribution in [2.45, 2.75) is 34.1 Å². The topological polar surface area (TPSA) is 81.9 Å². The maximum atomic E-state index is 12.3. The Hall–Kier alpha value is -4.00. The molecule has 2 aromatic carbocycles. The fourth-order valence-corrected chi connectivity index (χ4v) is 3.49. The Morgan fingerprint density at radius 3 is 2.44 bits per heavy atom. The highest BCUT2D eigenvalue weighted by atomic mass is 16.5. The Kier molecular flexibility index (Phi) is 5.98. The average Bonchev–Trinajstić information content (AvgIpc) is 3.07. The van der Waals surface area contributed by atoms with Gasteiger partial charge in [0.1, 0.15) is 11.6 Å². The first-order chi connectivity index (χ1) is 15.4. The van der Waals surface area contributed by atoms with Gasteiger partial charge >= 0.3 is 0 Å². The minimum absolute atomic E-state index is 0.0646. The molecule has 0 spiro atoms. The van der Waals surface area contributed by atoms with E-state index in [1.807, 2.05) is 58.0 Å². The van der Waals surface area contributed by atoms with Crippen LogP contribution in [0.15, 0.2) is 60.7 Å². The van der Waals surface area contributed by atoms with Crippen molar-refractivity contribution in [2.75, 3.05) is 5.32 Å². The lowest BCUT2D eigenvalue weighted by atomic mass is 10.1. The van der Waals surface area contributed by atoms with E-state index < -0.39 is 0 Å². The molecule has 162 valence electrons. The van der Waals surface area contributed by atoms with Gasteiger partial charge in [-0.3, -0.25) is 4.79 Å². The smallest absolute Gasteiger partial charge is 0.228 e. The van der Waals surface area contributed by atoms with Gasteiger partial charge in [0.2, 0.25) is 11.8 Å². The van der Waals surface area contributed by atoms with E-state index in [1.165, 1.54) is 0 Å². The number of carbonyl (C=O) groups is 1. The molecule has 0 radical (unpaired) electrons. The summed E-state index contributed by atoms with van der Waals surface area (Å²) in [7, 11) is 0. The van der Waals surface area contributed by atoms with Crippen LogP contribution in [-0.2, 0) is 11.2 Å². The van der Waals surface area contributed by atoms with Gasteiger partial charge in [0, 0.05) is 17.4 Å². The highest BCUT2D eigenvalue weighted by molar-refractivity contribution is 5.92. The lowest BCUT2D eigenvalue weighted by Gasteiger charge is -2.10. The molecule has 1 amide bonds. The summed E-state index contributed by atoms with van der Waals surface area (Å²) in [6.45, 7) is 7.74. The highest BCUT2D eigenvalue weighted by Crippen LogP contribution is 2.23. The zero-order valence-corrected chi connectivity index (χ0v) is 18.6. The van der Waals surface area contributed by atoms with Crippen LogP contribution in [0.2, 0.25) is 0 Å². The third kappa shape index (κ3) is 5.18. The number of nitrogens with one attached hydrogen (secondary N) is 1. The molecule has 0 aliphatic carbocycles. The number of carbonyl (C=O) groups excluding carboxylic acids is 1. The van der Waals surface area contributed by atoms with Crippen LogP contribution in [-0.4, -0.2) is 25.7 Å². The summed E-state index contributed by atoms with van der Waals surface area (Å²) in [5.41, 5.74) is 4.73. The lowest BCUT2D eigenvalue weighted by molar-refractivity contribution is -0.115. The van der Waals surface area contributed by atoms with Crippen LogP contribution < -0.4 is 10.1 Å². The number of anilines is 1. The predicted octanol–water partition coefficient (Wildman–Crippen LogP) is 4.87. The summed E-state index contributed by atoms with van der Waals surface area (Å²) in [5, 5.41) is 7.39. The number of hydrogen-bond donors (Lipinski definition) is 1. The molecule has 0 unspecified atom stereocenters. The first-order valence-corrected chi connectivity index (χ1v) is 10.4. The van der Waals surface area contributed by atoms with Crippen LogP contribution >= 0.6 is 0 Å². The Morgan fingerprint density at radius 2 is 1.75 bits per heavy atom. The number of benzene rings is 2. The van der Waals surface area contributed by atoms with Crippen molar-refractivity contribution in [3.8, 4) is 17.4 Å². The van der Waals surface area contributed by atoms with E-state index in [9.17, 15) is 4.79 Å². The molecular formula is C25H25N5O2. The third-order valence-corrected chi connectivity index (χ3v) is 4.84. The highest BCUT2D eigenvalue weighted by Gasteiger charge is 2.10. The molecule has 4 rings (SSSR count). The predicted molar refractivity (Wildman–Crippen MR) is 123 cm³/mol. The molecule has 0 saturated carbocycles. The van der Waals surface area contributed by atoms with Crippen molar-refractivity contribution in [1.82, 2.24) is 19.7 Å². The fraction of sp³-hybridized carbons (Fsp3) is 0.200. The molecule has 0 aliphatic heterocycles. The van der Waals surface area contributed by atoms with Crippen LogP contribution in [0, 0.1) is 27.7 Å². The number of hydrogen-bond acceptors (Lipinski definition) is 5. The van der Waals surface area contributed by atoms with Crippen molar-refractivity contribution < 1.29 is 9.53 Å². The van der Waals surface area contributed by atoms with Crippen LogP contribution in [0.3, 0.4) is 0 Å². The molecule has 0 fully saturated rings. The van der Waals surface area contributed by atoms with Gasteiger partial charge in [0.05, 0.1) is 12.1 Å². The number of amides is 1. The van der Waals surface area contributed by atoms with E-state index in [0.717, 1.165) is 22.5 Å². The molecule has 7 heteroatoms. The second-order valence-corrected chi connectivity index (χ2v) is 7.79. The Morgan fingerprint density at radius 1 is 0.969 bits per heavy atom. The SMILES string of the molecule is Cc1cccc(CC(=O)Nc2ccc(Oc3cc(-n4nc(C)cc4C)nc(C)n3)cc2)c1. The Balaban J connectivity index is 1.43. The van der Waals surface area contributed by atoms with E-state index >= 15 is 0 Å². The van der Waals surface area contributed by atoms with Gasteiger partial charge in [-0.1, -0.05) is 29.8 Å². The quantitative estimate of drug-likeness (QED) is 0.475. The second-order valence-electron chi connectivity index (χ2n) is 7.79. The Bertz CT molecular complexity index is 1260. The minimum Gasteiger partial charge on any atom is -0.439 e. The summed E-state index contributed by atoms with van der Waals surface area (Å²) >= 11 is 0. The van der Waals surface area contributed by atoms with Gasteiger partial charge in [0.25, 0.3) is 0 Å². The standard InChI is InChI=1S/C25H25N5O2/c1-16-6-5-7-20(12-16)14-24(31)28-21-8-10-22(11-9-21)32-25-15-23(26-19(4)27-25)30-18(3)13-17(2)29-30/h5-13,15H,14H2,1-4H3,(H,28,31). The van der Waals surface area contributed by atoms with Gasteiger partial charge in [-0.25, -0.2) is 9.67 Å². The number of nitrogens with zero attached hydrogens (tertiary/aromatic N) is 4. The molecule has 7 nitrogen and oxygen atoms in total. The molecule has 0 aliphatic rings. The number of ether oxygens (including phenoxy) is 1. The van der Waals surface area contributed by atoms with Gasteiger partial charge < -0.3 is 10.1 Å². The first kappa shape index (κ1) is 21.2. The second kappa shape index (κ2) is 9.01. The summed E-state index contributed by atoms with van der Waals surface area (Å²) in [6, 6.07) is 18.9. The van der Waals surface area contributed by atoms with Gasteiger partial charge in [-0.15, -0.1) is 0 Å². The Labute approximate surface area is 187 Å². The molecule has 1 N–H and O–H groups in total. The van der Waals surface area contributed by atoms with Crippen LogP contribution in [0.25, 0.3) is 5.82 Å². The van der Waals surface area contributed by atoms with Gasteiger partial charge in [-0.2, -0.15) is 10.1 Å². The van der Waals surface area contributed by atoms with Crippen molar-refractivity contribution >= 4 is 11.6 Å². The van der Waals surface area contributed by atoms with Crippen molar-refractivity contribution in [3.05, 3.63) is 89.0 Å². The third-order valence-electron chi connectivity index (χ3n) is 4.84. The van der Waals surface area contributed by atoms with E-state index in [1.54, 1.807) is 35.0 Å². The molecule has 0 saturated heterocycles. The molecule has 4 aromatic rings. The summed E-state index contributed by atoms with van der Waals surface area (Å²) in [6.07, 6.45) is 0.329. The van der Waals surface area contributed by atoms with E-state index in [2.05, 4.69) is 20.4 Å². The van der Waals surface area contributed by atoms with E-state index in [0.29, 0.717) is 35.4 Å². The lowest BCUT2D eigenvalue weighted by Crippen LogP contribution is -2.14. The molecule has 2 heterocycles. The van der Waals surface area contributed by atoms with Gasteiger partial charge in [-0.05, 0) is 63.6 Å². The fourth-order valence-electron chi connectivity index (χ4n) is 3.49. The summed E-state index contributed by atoms with van der Waals surface area (Å²) in [4.78, 5) is 21.2. The number of aryl methyl sites for hydroxylation is 4. The molecule has 2 aromatic heterocycles. The largest absolute Gasteiger partial charge is 0.439 e. The van der Waals surface area contributed by atoms with Gasteiger partial charge in [0.15, 0.2) is 5.82 Å². The first-order valence-electron chi connectivity index (χ1n) is 10.4. The minimum atomic E-state index is -0.0646. The van der Waals surface area contributed by atoms with E-state index in [-0.39, 0.29) is 5.91 Å².